The maximum Gasteiger partial charge on any atom is 0.193 e. The highest BCUT2D eigenvalue weighted by molar-refractivity contribution is 6.38. The summed E-state index contributed by atoms with van der Waals surface area (Å²) in [5.74, 6) is 1.33. The Bertz CT molecular complexity index is 1150. The Morgan fingerprint density at radius 2 is 1.70 bits per heavy atom. The summed E-state index contributed by atoms with van der Waals surface area (Å²) in [6.07, 6.45) is 1.42. The summed E-state index contributed by atoms with van der Waals surface area (Å²) in [6.45, 7) is 0. The number of carbonyl (C=O) groups is 1. The van der Waals surface area contributed by atoms with Crippen molar-refractivity contribution in [3.63, 3.8) is 0 Å². The molecule has 4 nitrogen and oxygen atoms in total. The molecule has 1 N–H and O–H groups in total. The smallest absolute Gasteiger partial charge is 0.193 e. The fraction of sp³-hybridized carbons (Fsp3) is 0.160. The van der Waals surface area contributed by atoms with Gasteiger partial charge in [-0.1, -0.05) is 29.8 Å². The van der Waals surface area contributed by atoms with Crippen LogP contribution in [0.25, 0.3) is 11.1 Å². The van der Waals surface area contributed by atoms with Crippen molar-refractivity contribution in [2.75, 3.05) is 14.2 Å². The van der Waals surface area contributed by atoms with E-state index in [1.54, 1.807) is 32.4 Å². The highest BCUT2D eigenvalue weighted by Crippen LogP contribution is 2.43. The van der Waals surface area contributed by atoms with Crippen LogP contribution in [0.3, 0.4) is 0 Å². The SMILES string of the molecule is COc1ccc2c(c1)CCC(c1cccc(OC)c1Cl)=C2C(=O)c1ccc(O)cc1. The summed E-state index contributed by atoms with van der Waals surface area (Å²) in [6, 6.07) is 17.7. The van der Waals surface area contributed by atoms with Gasteiger partial charge < -0.3 is 14.6 Å². The van der Waals surface area contributed by atoms with E-state index in [0.29, 0.717) is 28.3 Å². The Morgan fingerprint density at radius 1 is 0.933 bits per heavy atom. The van der Waals surface area contributed by atoms with Crippen molar-refractivity contribution < 1.29 is 19.4 Å². The monoisotopic (exact) mass is 420 g/mol. The molecule has 3 aromatic rings. The van der Waals surface area contributed by atoms with E-state index in [2.05, 4.69) is 0 Å². The van der Waals surface area contributed by atoms with Gasteiger partial charge in [0.25, 0.3) is 0 Å². The molecule has 0 unspecified atom stereocenters. The third kappa shape index (κ3) is 3.55. The van der Waals surface area contributed by atoms with Crippen molar-refractivity contribution in [1.82, 2.24) is 0 Å². The fourth-order valence-corrected chi connectivity index (χ4v) is 4.20. The minimum atomic E-state index is -0.116. The van der Waals surface area contributed by atoms with Crippen LogP contribution in [0.4, 0.5) is 0 Å². The fourth-order valence-electron chi connectivity index (χ4n) is 3.88. The maximum absolute atomic E-state index is 13.6. The van der Waals surface area contributed by atoms with Gasteiger partial charge in [-0.05, 0) is 72.0 Å². The van der Waals surface area contributed by atoms with E-state index in [9.17, 15) is 9.90 Å². The molecule has 1 aliphatic rings. The summed E-state index contributed by atoms with van der Waals surface area (Å²) in [7, 11) is 3.20. The van der Waals surface area contributed by atoms with Gasteiger partial charge in [0.2, 0.25) is 0 Å². The van der Waals surface area contributed by atoms with Gasteiger partial charge in [0.05, 0.1) is 19.2 Å². The van der Waals surface area contributed by atoms with Crippen molar-refractivity contribution in [3.8, 4) is 17.2 Å². The van der Waals surface area contributed by atoms with Gasteiger partial charge in [-0.3, -0.25) is 4.79 Å². The molecule has 0 aromatic heterocycles. The number of phenols is 1. The highest BCUT2D eigenvalue weighted by atomic mass is 35.5. The van der Waals surface area contributed by atoms with Gasteiger partial charge in [0.15, 0.2) is 5.78 Å². The zero-order valence-electron chi connectivity index (χ0n) is 16.7. The molecule has 4 rings (SSSR count). The van der Waals surface area contributed by atoms with Gasteiger partial charge in [0.1, 0.15) is 17.2 Å². The first-order valence-corrected chi connectivity index (χ1v) is 9.98. The number of hydrogen-bond acceptors (Lipinski definition) is 4. The lowest BCUT2D eigenvalue weighted by molar-refractivity contribution is 0.105. The number of methoxy groups -OCH3 is 2. The number of rotatable bonds is 5. The number of hydrogen-bond donors (Lipinski definition) is 1. The highest BCUT2D eigenvalue weighted by Gasteiger charge is 2.28. The van der Waals surface area contributed by atoms with Gasteiger partial charge in [-0.15, -0.1) is 0 Å². The topological polar surface area (TPSA) is 55.8 Å². The maximum atomic E-state index is 13.6. The van der Waals surface area contributed by atoms with Crippen LogP contribution < -0.4 is 9.47 Å². The first-order chi connectivity index (χ1) is 14.5. The molecule has 0 spiro atoms. The number of fused-ring (bicyclic) bond motifs is 1. The number of aryl methyl sites for hydroxylation is 1. The molecule has 0 heterocycles. The minimum Gasteiger partial charge on any atom is -0.508 e. The van der Waals surface area contributed by atoms with Crippen molar-refractivity contribution in [1.29, 1.82) is 0 Å². The van der Waals surface area contributed by atoms with Gasteiger partial charge in [0, 0.05) is 16.7 Å². The summed E-state index contributed by atoms with van der Waals surface area (Å²) in [4.78, 5) is 13.6. The number of allylic oxidation sites excluding steroid dienone is 2. The number of ketones is 1. The van der Waals surface area contributed by atoms with E-state index >= 15 is 0 Å². The standard InChI is InChI=1S/C25H21ClO4/c1-29-18-11-13-19-16(14-18)8-12-20(21-4-3-5-22(30-2)24(21)26)23(19)25(28)15-6-9-17(27)10-7-15/h3-7,9-11,13-14,27H,8,12H2,1-2H3. The van der Waals surface area contributed by atoms with Crippen LogP contribution in [0.5, 0.6) is 17.2 Å². The molecule has 0 fully saturated rings. The molecule has 0 aliphatic heterocycles. The molecule has 0 saturated heterocycles. The molecule has 30 heavy (non-hydrogen) atoms. The number of Topliss-reactive ketones (excluding diaryl/α,β-unsaturated/α-hetero) is 1. The van der Waals surface area contributed by atoms with Crippen LogP contribution in [0.1, 0.15) is 33.5 Å². The largest absolute Gasteiger partial charge is 0.508 e. The van der Waals surface area contributed by atoms with Crippen LogP contribution in [0.2, 0.25) is 5.02 Å². The molecular weight excluding hydrogens is 400 g/mol. The number of carbonyl (C=O) groups excluding carboxylic acids is 1. The molecule has 0 amide bonds. The number of halogens is 1. The third-order valence-electron chi connectivity index (χ3n) is 5.39. The second-order valence-corrected chi connectivity index (χ2v) is 7.45. The minimum absolute atomic E-state index is 0.116. The predicted octanol–water partition coefficient (Wildman–Crippen LogP) is 5.80. The molecule has 0 saturated carbocycles. The van der Waals surface area contributed by atoms with E-state index in [1.807, 2.05) is 30.3 Å². The van der Waals surface area contributed by atoms with Crippen molar-refractivity contribution in [2.45, 2.75) is 12.8 Å². The Kier molecular flexibility index (Phi) is 5.51. The van der Waals surface area contributed by atoms with E-state index in [1.165, 1.54) is 12.1 Å². The first-order valence-electron chi connectivity index (χ1n) is 9.60. The van der Waals surface area contributed by atoms with Gasteiger partial charge in [-0.2, -0.15) is 0 Å². The summed E-state index contributed by atoms with van der Waals surface area (Å²) in [5, 5.41) is 10.1. The van der Waals surface area contributed by atoms with Crippen LogP contribution >= 0.6 is 11.6 Å². The zero-order valence-corrected chi connectivity index (χ0v) is 17.5. The van der Waals surface area contributed by atoms with E-state index < -0.39 is 0 Å². The van der Waals surface area contributed by atoms with Crippen LogP contribution in [0, 0.1) is 0 Å². The van der Waals surface area contributed by atoms with Crippen LogP contribution in [0.15, 0.2) is 60.7 Å². The lowest BCUT2D eigenvalue weighted by Crippen LogP contribution is -2.13. The summed E-state index contributed by atoms with van der Waals surface area (Å²) < 4.78 is 10.8. The average Bonchev–Trinajstić information content (AvgIpc) is 2.78. The second kappa shape index (κ2) is 8.25. The van der Waals surface area contributed by atoms with Gasteiger partial charge >= 0.3 is 0 Å². The van der Waals surface area contributed by atoms with Crippen molar-refractivity contribution in [3.05, 3.63) is 87.9 Å². The normalized spacial score (nSPS) is 13.0. The zero-order chi connectivity index (χ0) is 21.3. The number of ether oxygens (including phenoxy) is 2. The molecule has 5 heteroatoms. The molecule has 0 atom stereocenters. The number of benzene rings is 3. The lowest BCUT2D eigenvalue weighted by atomic mass is 9.79. The molecule has 1 aliphatic carbocycles. The van der Waals surface area contributed by atoms with Crippen LogP contribution in [-0.2, 0) is 6.42 Å². The Hall–Kier alpha value is -3.24. The van der Waals surface area contributed by atoms with Crippen LogP contribution in [-0.4, -0.2) is 25.1 Å². The molecule has 3 aromatic carbocycles. The third-order valence-corrected chi connectivity index (χ3v) is 5.78. The summed E-state index contributed by atoms with van der Waals surface area (Å²) in [5.41, 5.74) is 4.71. The van der Waals surface area contributed by atoms with E-state index in [-0.39, 0.29) is 11.5 Å². The summed E-state index contributed by atoms with van der Waals surface area (Å²) >= 11 is 6.63. The molecule has 152 valence electrons. The lowest BCUT2D eigenvalue weighted by Gasteiger charge is -2.25. The molecular formula is C25H21ClO4. The number of phenolic OH excluding ortho intramolecular Hbond substituents is 1. The quantitative estimate of drug-likeness (QED) is 0.530. The van der Waals surface area contributed by atoms with Gasteiger partial charge in [-0.25, -0.2) is 0 Å². The second-order valence-electron chi connectivity index (χ2n) is 7.07. The van der Waals surface area contributed by atoms with Crippen molar-refractivity contribution >= 4 is 28.5 Å². The average molecular weight is 421 g/mol. The van der Waals surface area contributed by atoms with Crippen molar-refractivity contribution in [2.24, 2.45) is 0 Å². The Balaban J connectivity index is 1.96. The molecule has 0 bridgehead atoms. The predicted molar refractivity (Wildman–Crippen MR) is 119 cm³/mol. The Morgan fingerprint density at radius 3 is 2.40 bits per heavy atom. The first kappa shape index (κ1) is 20.0. The number of aromatic hydroxyl groups is 1. The van der Waals surface area contributed by atoms with E-state index in [4.69, 9.17) is 21.1 Å². The molecule has 0 radical (unpaired) electrons. The Labute approximate surface area is 180 Å². The van der Waals surface area contributed by atoms with E-state index in [0.717, 1.165) is 34.4 Å².